The number of fused-ring (bicyclic) bond motifs is 1. The van der Waals surface area contributed by atoms with Crippen molar-refractivity contribution in [2.75, 3.05) is 13.1 Å². The second kappa shape index (κ2) is 5.43. The summed E-state index contributed by atoms with van der Waals surface area (Å²) >= 11 is 6.19. The standard InChI is InChI=1S/C14H19ClN2O3S/c1-9-5-10-6-12(7-13(15)14(10)20-9)21(18,19)17-4-2-3-11(17)8-16/h6-7,9,11H,2-5,8,16H2,1H3. The third kappa shape index (κ3) is 2.54. The zero-order valence-electron chi connectivity index (χ0n) is 11.9. The highest BCUT2D eigenvalue weighted by atomic mass is 35.5. The fourth-order valence-electron chi connectivity index (χ4n) is 3.10. The van der Waals surface area contributed by atoms with E-state index in [-0.39, 0.29) is 17.0 Å². The van der Waals surface area contributed by atoms with Gasteiger partial charge in [0.1, 0.15) is 11.9 Å². The van der Waals surface area contributed by atoms with E-state index < -0.39 is 10.0 Å². The van der Waals surface area contributed by atoms with E-state index in [0.29, 0.717) is 30.3 Å². The Hall–Kier alpha value is -0.820. The van der Waals surface area contributed by atoms with Crippen LogP contribution in [-0.4, -0.2) is 38.0 Å². The van der Waals surface area contributed by atoms with Crippen LogP contribution in [0.5, 0.6) is 5.75 Å². The van der Waals surface area contributed by atoms with Crippen LogP contribution >= 0.6 is 11.6 Å². The average Bonchev–Trinajstić information content (AvgIpc) is 3.04. The molecule has 0 bridgehead atoms. The minimum atomic E-state index is -3.55. The summed E-state index contributed by atoms with van der Waals surface area (Å²) in [5.74, 6) is 0.611. The molecule has 0 amide bonds. The third-order valence-electron chi connectivity index (χ3n) is 4.12. The Kier molecular flexibility index (Phi) is 3.90. The van der Waals surface area contributed by atoms with E-state index >= 15 is 0 Å². The van der Waals surface area contributed by atoms with E-state index in [2.05, 4.69) is 0 Å². The molecular weight excluding hydrogens is 312 g/mol. The Bertz CT molecular complexity index is 662. The van der Waals surface area contributed by atoms with Crippen LogP contribution in [0.3, 0.4) is 0 Å². The summed E-state index contributed by atoms with van der Waals surface area (Å²) in [6.45, 7) is 2.80. The first-order chi connectivity index (χ1) is 9.93. The van der Waals surface area contributed by atoms with Crippen LogP contribution in [0.15, 0.2) is 17.0 Å². The van der Waals surface area contributed by atoms with Gasteiger partial charge in [0, 0.05) is 31.1 Å². The summed E-state index contributed by atoms with van der Waals surface area (Å²) in [6.07, 6.45) is 2.37. The Morgan fingerprint density at radius 3 is 2.95 bits per heavy atom. The van der Waals surface area contributed by atoms with Crippen LogP contribution in [-0.2, 0) is 16.4 Å². The second-order valence-corrected chi connectivity index (χ2v) is 7.97. The highest BCUT2D eigenvalue weighted by molar-refractivity contribution is 7.89. The maximum absolute atomic E-state index is 12.8. The van der Waals surface area contributed by atoms with Crippen molar-refractivity contribution in [3.63, 3.8) is 0 Å². The summed E-state index contributed by atoms with van der Waals surface area (Å²) in [5, 5.41) is 0.360. The fraction of sp³-hybridized carbons (Fsp3) is 0.571. The topological polar surface area (TPSA) is 72.6 Å². The van der Waals surface area contributed by atoms with Gasteiger partial charge in [-0.2, -0.15) is 4.31 Å². The molecule has 5 nitrogen and oxygen atoms in total. The Morgan fingerprint density at radius 2 is 2.24 bits per heavy atom. The second-order valence-electron chi connectivity index (χ2n) is 5.67. The first-order valence-corrected chi connectivity index (χ1v) is 8.96. The zero-order chi connectivity index (χ0) is 15.2. The molecule has 0 aliphatic carbocycles. The van der Waals surface area contributed by atoms with Gasteiger partial charge in [-0.05, 0) is 31.9 Å². The van der Waals surface area contributed by atoms with Crippen molar-refractivity contribution in [2.45, 2.75) is 43.2 Å². The lowest BCUT2D eigenvalue weighted by atomic mass is 10.1. The van der Waals surface area contributed by atoms with Gasteiger partial charge in [0.25, 0.3) is 0 Å². The van der Waals surface area contributed by atoms with Crippen molar-refractivity contribution in [1.29, 1.82) is 0 Å². The van der Waals surface area contributed by atoms with Crippen molar-refractivity contribution in [1.82, 2.24) is 4.31 Å². The smallest absolute Gasteiger partial charge is 0.243 e. The van der Waals surface area contributed by atoms with Gasteiger partial charge in [-0.3, -0.25) is 0 Å². The monoisotopic (exact) mass is 330 g/mol. The molecule has 7 heteroatoms. The summed E-state index contributed by atoms with van der Waals surface area (Å²) < 4.78 is 32.7. The normalized spacial score (nSPS) is 25.9. The maximum atomic E-state index is 12.8. The van der Waals surface area contributed by atoms with Gasteiger partial charge in [0.2, 0.25) is 10.0 Å². The SMILES string of the molecule is CC1Cc2cc(S(=O)(=O)N3CCCC3CN)cc(Cl)c2O1. The van der Waals surface area contributed by atoms with Gasteiger partial charge in [-0.15, -0.1) is 0 Å². The molecule has 0 aromatic heterocycles. The van der Waals surface area contributed by atoms with Gasteiger partial charge in [0.15, 0.2) is 0 Å². The van der Waals surface area contributed by atoms with E-state index in [1.807, 2.05) is 6.92 Å². The van der Waals surface area contributed by atoms with Crippen molar-refractivity contribution < 1.29 is 13.2 Å². The molecule has 2 unspecified atom stereocenters. The largest absolute Gasteiger partial charge is 0.489 e. The van der Waals surface area contributed by atoms with Gasteiger partial charge >= 0.3 is 0 Å². The zero-order valence-corrected chi connectivity index (χ0v) is 13.5. The van der Waals surface area contributed by atoms with Crippen LogP contribution in [0, 0.1) is 0 Å². The number of benzene rings is 1. The quantitative estimate of drug-likeness (QED) is 0.916. The van der Waals surface area contributed by atoms with Gasteiger partial charge in [0.05, 0.1) is 9.92 Å². The lowest BCUT2D eigenvalue weighted by Gasteiger charge is -2.23. The highest BCUT2D eigenvalue weighted by Crippen LogP contribution is 2.39. The first kappa shape index (κ1) is 15.1. The van der Waals surface area contributed by atoms with E-state index in [0.717, 1.165) is 18.4 Å². The molecule has 1 saturated heterocycles. The van der Waals surface area contributed by atoms with Crippen LogP contribution in [0.25, 0.3) is 0 Å². The molecule has 2 atom stereocenters. The number of nitrogens with zero attached hydrogens (tertiary/aromatic N) is 1. The van der Waals surface area contributed by atoms with Gasteiger partial charge < -0.3 is 10.5 Å². The molecule has 116 valence electrons. The number of hydrogen-bond acceptors (Lipinski definition) is 4. The predicted octanol–water partition coefficient (Wildman–Crippen LogP) is 1.78. The van der Waals surface area contributed by atoms with E-state index in [1.54, 1.807) is 6.07 Å². The van der Waals surface area contributed by atoms with Crippen LogP contribution in [0.1, 0.15) is 25.3 Å². The molecule has 21 heavy (non-hydrogen) atoms. The van der Waals surface area contributed by atoms with Crippen molar-refractivity contribution >= 4 is 21.6 Å². The van der Waals surface area contributed by atoms with Crippen LogP contribution < -0.4 is 10.5 Å². The van der Waals surface area contributed by atoms with E-state index in [9.17, 15) is 8.42 Å². The molecule has 1 aromatic rings. The molecule has 0 saturated carbocycles. The van der Waals surface area contributed by atoms with Crippen molar-refractivity contribution in [3.05, 3.63) is 22.7 Å². The molecule has 0 spiro atoms. The molecule has 1 aromatic carbocycles. The van der Waals surface area contributed by atoms with Crippen LogP contribution in [0.4, 0.5) is 0 Å². The number of sulfonamides is 1. The fourth-order valence-corrected chi connectivity index (χ4v) is 5.23. The average molecular weight is 331 g/mol. The number of rotatable bonds is 3. The Morgan fingerprint density at radius 1 is 1.48 bits per heavy atom. The number of hydrogen-bond donors (Lipinski definition) is 1. The maximum Gasteiger partial charge on any atom is 0.243 e. The predicted molar refractivity (Wildman–Crippen MR) is 81.2 cm³/mol. The minimum absolute atomic E-state index is 0.0269. The summed E-state index contributed by atoms with van der Waals surface area (Å²) in [7, 11) is -3.55. The molecule has 0 radical (unpaired) electrons. The number of halogens is 1. The molecule has 2 aliphatic rings. The van der Waals surface area contributed by atoms with E-state index in [1.165, 1.54) is 10.4 Å². The van der Waals surface area contributed by atoms with Crippen molar-refractivity contribution in [2.24, 2.45) is 5.73 Å². The van der Waals surface area contributed by atoms with Gasteiger partial charge in [-0.25, -0.2) is 8.42 Å². The Balaban J connectivity index is 2.01. The Labute approximate surface area is 130 Å². The molecule has 1 fully saturated rings. The minimum Gasteiger partial charge on any atom is -0.489 e. The molecule has 2 heterocycles. The lowest BCUT2D eigenvalue weighted by Crippen LogP contribution is -2.39. The van der Waals surface area contributed by atoms with Gasteiger partial charge in [-0.1, -0.05) is 11.6 Å². The first-order valence-electron chi connectivity index (χ1n) is 7.14. The molecule has 2 aliphatic heterocycles. The summed E-state index contributed by atoms with van der Waals surface area (Å²) in [5.41, 5.74) is 6.54. The molecule has 2 N–H and O–H groups in total. The van der Waals surface area contributed by atoms with E-state index in [4.69, 9.17) is 22.1 Å². The third-order valence-corrected chi connectivity index (χ3v) is 6.33. The number of nitrogens with two attached hydrogens (primary N) is 1. The van der Waals surface area contributed by atoms with Crippen molar-refractivity contribution in [3.8, 4) is 5.75 Å². The molecular formula is C14H19ClN2O3S. The highest BCUT2D eigenvalue weighted by Gasteiger charge is 2.36. The van der Waals surface area contributed by atoms with Crippen LogP contribution in [0.2, 0.25) is 5.02 Å². The summed E-state index contributed by atoms with van der Waals surface area (Å²) in [6, 6.07) is 3.06. The lowest BCUT2D eigenvalue weighted by molar-refractivity contribution is 0.255. The molecule has 3 rings (SSSR count). The number of ether oxygens (including phenoxy) is 1. The summed E-state index contributed by atoms with van der Waals surface area (Å²) in [4.78, 5) is 0.240.